The Labute approximate surface area is 144 Å². The number of nitrogens with zero attached hydrogens (tertiary/aromatic N) is 2. The number of benzene rings is 1. The van der Waals surface area contributed by atoms with Gasteiger partial charge < -0.3 is 19.1 Å². The number of hydrogen-bond acceptors (Lipinski definition) is 6. The lowest BCUT2D eigenvalue weighted by Gasteiger charge is -2.36. The molecule has 0 spiro atoms. The first-order valence-electron chi connectivity index (χ1n) is 7.90. The molecule has 1 aromatic heterocycles. The molecule has 0 radical (unpaired) electrons. The van der Waals surface area contributed by atoms with Gasteiger partial charge in [-0.05, 0) is 32.0 Å². The number of hydrogen-bond donors (Lipinski definition) is 0. The van der Waals surface area contributed by atoms with Gasteiger partial charge in [-0.2, -0.15) is 0 Å². The Hall–Kier alpha value is -2.12. The molecule has 7 heteroatoms. The van der Waals surface area contributed by atoms with Gasteiger partial charge >= 0.3 is 0 Å². The average molecular weight is 346 g/mol. The molecule has 4 rings (SSSR count). The van der Waals surface area contributed by atoms with E-state index >= 15 is 0 Å². The largest absolute Gasteiger partial charge is 0.454 e. The molecule has 24 heavy (non-hydrogen) atoms. The normalized spacial score (nSPS) is 22.7. The monoisotopic (exact) mass is 346 g/mol. The van der Waals surface area contributed by atoms with Crippen LogP contribution in [0, 0.1) is 0 Å². The first kappa shape index (κ1) is 15.4. The second-order valence-corrected chi connectivity index (χ2v) is 7.08. The molecule has 6 nitrogen and oxygen atoms in total. The number of carbonyl (C=O) groups excluding carboxylic acids is 1. The summed E-state index contributed by atoms with van der Waals surface area (Å²) in [5.41, 5.74) is 0.923. The molecule has 2 aromatic rings. The van der Waals surface area contributed by atoms with E-state index in [0.29, 0.717) is 23.8 Å². The average Bonchev–Trinajstić information content (AvgIpc) is 3.24. The van der Waals surface area contributed by atoms with Crippen LogP contribution < -0.4 is 9.47 Å². The zero-order valence-electron chi connectivity index (χ0n) is 13.5. The summed E-state index contributed by atoms with van der Waals surface area (Å²) in [5, 5.41) is 0.797. The zero-order chi connectivity index (χ0) is 16.7. The molecule has 2 aliphatic heterocycles. The molecule has 1 saturated heterocycles. The highest BCUT2D eigenvalue weighted by atomic mass is 32.1. The van der Waals surface area contributed by atoms with Crippen LogP contribution in [0.15, 0.2) is 24.4 Å². The third-order valence-corrected chi connectivity index (χ3v) is 5.24. The van der Waals surface area contributed by atoms with Crippen molar-refractivity contribution < 1.29 is 19.0 Å². The predicted octanol–water partition coefficient (Wildman–Crippen LogP) is 2.79. The van der Waals surface area contributed by atoms with Gasteiger partial charge in [0.15, 0.2) is 11.5 Å². The maximum absolute atomic E-state index is 12.8. The van der Waals surface area contributed by atoms with Gasteiger partial charge in [0.2, 0.25) is 6.79 Å². The van der Waals surface area contributed by atoms with Gasteiger partial charge in [-0.25, -0.2) is 4.98 Å². The zero-order valence-corrected chi connectivity index (χ0v) is 14.3. The van der Waals surface area contributed by atoms with E-state index in [4.69, 9.17) is 14.2 Å². The van der Waals surface area contributed by atoms with Gasteiger partial charge in [-0.3, -0.25) is 4.79 Å². The summed E-state index contributed by atoms with van der Waals surface area (Å²) in [6.45, 7) is 5.41. The predicted molar refractivity (Wildman–Crippen MR) is 89.6 cm³/mol. The third-order valence-electron chi connectivity index (χ3n) is 4.20. The topological polar surface area (TPSA) is 60.9 Å². The van der Waals surface area contributed by atoms with E-state index in [1.807, 2.05) is 36.9 Å². The summed E-state index contributed by atoms with van der Waals surface area (Å²) in [5.74, 6) is 1.47. The van der Waals surface area contributed by atoms with Gasteiger partial charge in [0, 0.05) is 12.1 Å². The molecule has 0 N–H and O–H groups in total. The minimum atomic E-state index is 0.0159. The van der Waals surface area contributed by atoms with Crippen LogP contribution in [0.3, 0.4) is 0 Å². The molecule has 0 bridgehead atoms. The van der Waals surface area contributed by atoms with Crippen molar-refractivity contribution in [3.63, 3.8) is 0 Å². The number of aromatic nitrogens is 1. The Morgan fingerprint density at radius 1 is 1.29 bits per heavy atom. The summed E-state index contributed by atoms with van der Waals surface area (Å²) < 4.78 is 16.3. The Bertz CT molecular complexity index is 776. The van der Waals surface area contributed by atoms with Crippen molar-refractivity contribution in [2.75, 3.05) is 19.9 Å². The Kier molecular flexibility index (Phi) is 3.90. The lowest BCUT2D eigenvalue weighted by atomic mass is 10.2. The Morgan fingerprint density at radius 2 is 2.12 bits per heavy atom. The lowest BCUT2D eigenvalue weighted by Crippen LogP contribution is -2.50. The third kappa shape index (κ3) is 2.74. The van der Waals surface area contributed by atoms with Crippen LogP contribution in [-0.2, 0) is 4.74 Å². The minimum absolute atomic E-state index is 0.0159. The highest BCUT2D eigenvalue weighted by Gasteiger charge is 2.29. The molecule has 0 aliphatic carbocycles. The molecular formula is C17H18N2O4S. The second kappa shape index (κ2) is 6.07. The van der Waals surface area contributed by atoms with Gasteiger partial charge in [0.1, 0.15) is 9.88 Å². The van der Waals surface area contributed by atoms with Crippen LogP contribution in [0.25, 0.3) is 10.6 Å². The van der Waals surface area contributed by atoms with Crippen LogP contribution >= 0.6 is 11.3 Å². The van der Waals surface area contributed by atoms with Crippen LogP contribution in [0.1, 0.15) is 23.5 Å². The van der Waals surface area contributed by atoms with E-state index in [-0.39, 0.29) is 24.8 Å². The van der Waals surface area contributed by atoms with Crippen molar-refractivity contribution in [3.05, 3.63) is 29.3 Å². The highest BCUT2D eigenvalue weighted by Crippen LogP contribution is 2.37. The molecule has 1 fully saturated rings. The summed E-state index contributed by atoms with van der Waals surface area (Å²) in [4.78, 5) is 19.7. The van der Waals surface area contributed by atoms with Crippen molar-refractivity contribution >= 4 is 17.2 Å². The van der Waals surface area contributed by atoms with Crippen LogP contribution in [0.5, 0.6) is 11.5 Å². The summed E-state index contributed by atoms with van der Waals surface area (Å²) in [6, 6.07) is 5.77. The number of morpholine rings is 1. The highest BCUT2D eigenvalue weighted by molar-refractivity contribution is 7.16. The fraction of sp³-hybridized carbons (Fsp3) is 0.412. The van der Waals surface area contributed by atoms with E-state index in [1.165, 1.54) is 11.3 Å². The molecular weight excluding hydrogens is 328 g/mol. The Morgan fingerprint density at radius 3 is 3.00 bits per heavy atom. The molecule has 3 heterocycles. The van der Waals surface area contributed by atoms with E-state index in [0.717, 1.165) is 16.3 Å². The molecule has 2 atom stereocenters. The van der Waals surface area contributed by atoms with Crippen molar-refractivity contribution in [1.29, 1.82) is 0 Å². The quantitative estimate of drug-likeness (QED) is 0.837. The Balaban J connectivity index is 1.57. The first-order chi connectivity index (χ1) is 11.6. The van der Waals surface area contributed by atoms with Crippen LogP contribution in [-0.4, -0.2) is 47.9 Å². The summed E-state index contributed by atoms with van der Waals surface area (Å²) in [6.07, 6.45) is 1.71. The van der Waals surface area contributed by atoms with Gasteiger partial charge in [-0.15, -0.1) is 11.3 Å². The van der Waals surface area contributed by atoms with E-state index in [2.05, 4.69) is 4.98 Å². The van der Waals surface area contributed by atoms with E-state index < -0.39 is 0 Å². The maximum Gasteiger partial charge on any atom is 0.265 e. The summed E-state index contributed by atoms with van der Waals surface area (Å²) in [7, 11) is 0. The minimum Gasteiger partial charge on any atom is -0.454 e. The maximum atomic E-state index is 12.8. The number of carbonyl (C=O) groups is 1. The van der Waals surface area contributed by atoms with Crippen molar-refractivity contribution in [3.8, 4) is 22.1 Å². The van der Waals surface area contributed by atoms with Gasteiger partial charge in [0.05, 0.1) is 24.9 Å². The van der Waals surface area contributed by atoms with Crippen molar-refractivity contribution in [2.24, 2.45) is 0 Å². The molecule has 2 aliphatic rings. The lowest BCUT2D eigenvalue weighted by molar-refractivity contribution is -0.0385. The van der Waals surface area contributed by atoms with Crippen molar-refractivity contribution in [1.82, 2.24) is 9.88 Å². The van der Waals surface area contributed by atoms with E-state index in [1.54, 1.807) is 6.20 Å². The smallest absolute Gasteiger partial charge is 0.265 e. The summed E-state index contributed by atoms with van der Waals surface area (Å²) >= 11 is 1.40. The fourth-order valence-corrected chi connectivity index (χ4v) is 3.73. The van der Waals surface area contributed by atoms with Crippen molar-refractivity contribution in [2.45, 2.75) is 26.0 Å². The number of amides is 1. The number of ether oxygens (including phenoxy) is 3. The number of rotatable bonds is 2. The number of thiazole rings is 1. The molecule has 1 amide bonds. The first-order valence-corrected chi connectivity index (χ1v) is 8.72. The molecule has 0 saturated carbocycles. The standard InChI is InChI=1S/C17H18N2O4S/c1-10-8-21-11(2)7-19(10)17(20)15-6-18-16(24-15)12-3-4-13-14(5-12)23-9-22-13/h3-6,10-11H,7-9H2,1-2H3/t10-,11-/m1/s1. The SMILES string of the molecule is C[C@@H]1CN(C(=O)c2cnc(-c3ccc4c(c3)OCO4)s2)[C@H](C)CO1. The van der Waals surface area contributed by atoms with Crippen LogP contribution in [0.4, 0.5) is 0 Å². The van der Waals surface area contributed by atoms with Crippen LogP contribution in [0.2, 0.25) is 0 Å². The number of fused-ring (bicyclic) bond motifs is 1. The van der Waals surface area contributed by atoms with E-state index in [9.17, 15) is 4.79 Å². The van der Waals surface area contributed by atoms with Gasteiger partial charge in [0.25, 0.3) is 5.91 Å². The molecule has 126 valence electrons. The molecule has 0 unspecified atom stereocenters. The molecule has 1 aromatic carbocycles. The fourth-order valence-electron chi connectivity index (χ4n) is 2.86. The van der Waals surface area contributed by atoms with Gasteiger partial charge in [-0.1, -0.05) is 0 Å². The second-order valence-electron chi connectivity index (χ2n) is 6.05.